The molecule has 1 fully saturated rings. The predicted octanol–water partition coefficient (Wildman–Crippen LogP) is 1.63. The van der Waals surface area contributed by atoms with Crippen LogP contribution in [0.3, 0.4) is 0 Å². The van der Waals surface area contributed by atoms with Crippen molar-refractivity contribution in [1.29, 1.82) is 0 Å². The van der Waals surface area contributed by atoms with E-state index >= 15 is 0 Å². The molecule has 0 unspecified atom stereocenters. The lowest BCUT2D eigenvalue weighted by Crippen LogP contribution is -2.36. The SMILES string of the molecule is O=[N+]([O-])c1ccccc1S(=O)(=O)Nc1ccc(N2CCOCC2)nc1. The Morgan fingerprint density at radius 3 is 2.52 bits per heavy atom. The number of aromatic nitrogens is 1. The number of nitrogens with one attached hydrogen (secondary N) is 1. The molecular weight excluding hydrogens is 348 g/mol. The lowest BCUT2D eigenvalue weighted by Gasteiger charge is -2.27. The summed E-state index contributed by atoms with van der Waals surface area (Å²) in [7, 11) is -4.09. The summed E-state index contributed by atoms with van der Waals surface area (Å²) in [5.74, 6) is 0.719. The zero-order valence-electron chi connectivity index (χ0n) is 13.2. The third-order valence-corrected chi connectivity index (χ3v) is 5.12. The Morgan fingerprint density at radius 1 is 1.16 bits per heavy atom. The molecule has 1 saturated heterocycles. The number of sulfonamides is 1. The van der Waals surface area contributed by atoms with Gasteiger partial charge in [-0.15, -0.1) is 0 Å². The van der Waals surface area contributed by atoms with Crippen LogP contribution in [0.15, 0.2) is 47.5 Å². The molecule has 0 saturated carbocycles. The van der Waals surface area contributed by atoms with Gasteiger partial charge in [0.05, 0.1) is 30.0 Å². The van der Waals surface area contributed by atoms with Gasteiger partial charge in [-0.1, -0.05) is 12.1 Å². The van der Waals surface area contributed by atoms with E-state index in [1.807, 2.05) is 4.90 Å². The molecule has 0 atom stereocenters. The van der Waals surface area contributed by atoms with Crippen molar-refractivity contribution in [2.75, 3.05) is 35.9 Å². The number of anilines is 2. The van der Waals surface area contributed by atoms with Crippen molar-refractivity contribution in [1.82, 2.24) is 4.98 Å². The average molecular weight is 364 g/mol. The van der Waals surface area contributed by atoms with E-state index in [2.05, 4.69) is 9.71 Å². The Kier molecular flexibility index (Phi) is 4.81. The van der Waals surface area contributed by atoms with Gasteiger partial charge in [0, 0.05) is 19.2 Å². The van der Waals surface area contributed by atoms with Crippen LogP contribution in [-0.2, 0) is 14.8 Å². The fourth-order valence-electron chi connectivity index (χ4n) is 2.47. The molecule has 25 heavy (non-hydrogen) atoms. The maximum Gasteiger partial charge on any atom is 0.289 e. The second-order valence-corrected chi connectivity index (χ2v) is 6.99. The van der Waals surface area contributed by atoms with E-state index in [-0.39, 0.29) is 5.69 Å². The zero-order valence-corrected chi connectivity index (χ0v) is 14.0. The monoisotopic (exact) mass is 364 g/mol. The molecule has 0 amide bonds. The highest BCUT2D eigenvalue weighted by molar-refractivity contribution is 7.92. The van der Waals surface area contributed by atoms with Crippen molar-refractivity contribution in [3.63, 3.8) is 0 Å². The predicted molar refractivity (Wildman–Crippen MR) is 91.2 cm³/mol. The van der Waals surface area contributed by atoms with Gasteiger partial charge in [0.1, 0.15) is 5.82 Å². The van der Waals surface area contributed by atoms with E-state index in [0.717, 1.165) is 11.9 Å². The Bertz CT molecular complexity index is 864. The van der Waals surface area contributed by atoms with E-state index in [9.17, 15) is 18.5 Å². The smallest absolute Gasteiger partial charge is 0.289 e. The first-order valence-electron chi connectivity index (χ1n) is 7.52. The van der Waals surface area contributed by atoms with Crippen molar-refractivity contribution in [2.45, 2.75) is 4.90 Å². The van der Waals surface area contributed by atoms with Crippen LogP contribution in [-0.4, -0.2) is 44.6 Å². The number of rotatable bonds is 5. The lowest BCUT2D eigenvalue weighted by atomic mass is 10.3. The molecule has 2 heterocycles. The van der Waals surface area contributed by atoms with E-state index < -0.39 is 25.5 Å². The molecule has 0 spiro atoms. The summed E-state index contributed by atoms with van der Waals surface area (Å²) in [5, 5.41) is 11.0. The van der Waals surface area contributed by atoms with E-state index in [1.54, 1.807) is 12.1 Å². The molecule has 1 aromatic carbocycles. The Balaban J connectivity index is 1.80. The van der Waals surface area contributed by atoms with Crippen LogP contribution < -0.4 is 9.62 Å². The molecule has 0 aliphatic carbocycles. The lowest BCUT2D eigenvalue weighted by molar-refractivity contribution is -0.387. The van der Waals surface area contributed by atoms with Gasteiger partial charge >= 0.3 is 0 Å². The minimum absolute atomic E-state index is 0.232. The largest absolute Gasteiger partial charge is 0.378 e. The van der Waals surface area contributed by atoms with E-state index in [4.69, 9.17) is 4.74 Å². The molecule has 10 heteroatoms. The second-order valence-electron chi connectivity index (χ2n) is 5.33. The summed E-state index contributed by atoms with van der Waals surface area (Å²) in [4.78, 5) is 16.2. The van der Waals surface area contributed by atoms with Crippen LogP contribution in [0.25, 0.3) is 0 Å². The number of benzene rings is 1. The average Bonchev–Trinajstić information content (AvgIpc) is 2.63. The number of hydrogen-bond acceptors (Lipinski definition) is 7. The number of ether oxygens (including phenoxy) is 1. The fourth-order valence-corrected chi connectivity index (χ4v) is 3.69. The van der Waals surface area contributed by atoms with Crippen LogP contribution in [0.2, 0.25) is 0 Å². The van der Waals surface area contributed by atoms with Crippen LogP contribution in [0.5, 0.6) is 0 Å². The summed E-state index contributed by atoms with van der Waals surface area (Å²) in [5.41, 5.74) is -0.247. The standard InChI is InChI=1S/C15H16N4O5S/c20-19(21)13-3-1-2-4-14(13)25(22,23)17-12-5-6-15(16-11-12)18-7-9-24-10-8-18/h1-6,11,17H,7-10H2. The number of hydrogen-bond donors (Lipinski definition) is 1. The molecule has 0 bridgehead atoms. The third kappa shape index (κ3) is 3.86. The highest BCUT2D eigenvalue weighted by Gasteiger charge is 2.25. The summed E-state index contributed by atoms with van der Waals surface area (Å²) in [6, 6.07) is 8.45. The molecule has 1 aliphatic rings. The van der Waals surface area contributed by atoms with Crippen LogP contribution in [0.4, 0.5) is 17.2 Å². The quantitative estimate of drug-likeness (QED) is 0.633. The van der Waals surface area contributed by atoms with Gasteiger partial charge < -0.3 is 9.64 Å². The minimum Gasteiger partial charge on any atom is -0.378 e. The van der Waals surface area contributed by atoms with Crippen molar-refractivity contribution in [2.24, 2.45) is 0 Å². The number of pyridine rings is 1. The van der Waals surface area contributed by atoms with Gasteiger partial charge in [-0.2, -0.15) is 0 Å². The summed E-state index contributed by atoms with van der Waals surface area (Å²) < 4.78 is 32.5. The number of nitro benzene ring substituents is 1. The van der Waals surface area contributed by atoms with Crippen LogP contribution in [0.1, 0.15) is 0 Å². The molecule has 2 aromatic rings. The first-order valence-corrected chi connectivity index (χ1v) is 9.01. The Morgan fingerprint density at radius 2 is 1.88 bits per heavy atom. The maximum absolute atomic E-state index is 12.4. The molecule has 3 rings (SSSR count). The number of nitrogens with zero attached hydrogens (tertiary/aromatic N) is 3. The zero-order chi connectivity index (χ0) is 17.9. The van der Waals surface area contributed by atoms with Crippen LogP contribution in [0, 0.1) is 10.1 Å². The second kappa shape index (κ2) is 7.03. The number of nitro groups is 1. The Labute approximate surface area is 144 Å². The van der Waals surface area contributed by atoms with E-state index in [0.29, 0.717) is 26.3 Å². The summed E-state index contributed by atoms with van der Waals surface area (Å²) >= 11 is 0. The van der Waals surface area contributed by atoms with Crippen molar-refractivity contribution in [3.05, 3.63) is 52.7 Å². The van der Waals surface area contributed by atoms with Gasteiger partial charge in [-0.25, -0.2) is 13.4 Å². The van der Waals surface area contributed by atoms with Gasteiger partial charge in [-0.3, -0.25) is 14.8 Å². The normalized spacial score (nSPS) is 15.0. The van der Waals surface area contributed by atoms with Crippen molar-refractivity contribution in [3.8, 4) is 0 Å². The Hall–Kier alpha value is -2.72. The first kappa shape index (κ1) is 17.1. The highest BCUT2D eigenvalue weighted by atomic mass is 32.2. The number of morpholine rings is 1. The topological polar surface area (TPSA) is 115 Å². The maximum atomic E-state index is 12.4. The number of para-hydroxylation sites is 1. The molecule has 1 N–H and O–H groups in total. The summed E-state index contributed by atoms with van der Waals surface area (Å²) in [6.07, 6.45) is 1.39. The van der Waals surface area contributed by atoms with Crippen molar-refractivity contribution < 1.29 is 18.1 Å². The molecule has 9 nitrogen and oxygen atoms in total. The fraction of sp³-hybridized carbons (Fsp3) is 0.267. The first-order chi connectivity index (χ1) is 12.0. The molecular formula is C15H16N4O5S. The van der Waals surface area contributed by atoms with E-state index in [1.165, 1.54) is 24.4 Å². The van der Waals surface area contributed by atoms with Gasteiger partial charge in [-0.05, 0) is 18.2 Å². The van der Waals surface area contributed by atoms with Crippen LogP contribution >= 0.6 is 0 Å². The van der Waals surface area contributed by atoms with Gasteiger partial charge in [0.25, 0.3) is 15.7 Å². The van der Waals surface area contributed by atoms with Gasteiger partial charge in [0.2, 0.25) is 0 Å². The molecule has 0 radical (unpaired) electrons. The minimum atomic E-state index is -4.09. The highest BCUT2D eigenvalue weighted by Crippen LogP contribution is 2.25. The summed E-state index contributed by atoms with van der Waals surface area (Å²) in [6.45, 7) is 2.67. The molecule has 1 aromatic heterocycles. The van der Waals surface area contributed by atoms with Crippen molar-refractivity contribution >= 4 is 27.2 Å². The molecule has 1 aliphatic heterocycles. The molecule has 132 valence electrons. The third-order valence-electron chi connectivity index (χ3n) is 3.69. The van der Waals surface area contributed by atoms with Gasteiger partial charge in [0.15, 0.2) is 4.90 Å².